The van der Waals surface area contributed by atoms with Crippen molar-refractivity contribution in [3.05, 3.63) is 29.8 Å². The van der Waals surface area contributed by atoms with Crippen LogP contribution in [0.1, 0.15) is 26.3 Å². The van der Waals surface area contributed by atoms with Crippen molar-refractivity contribution in [2.45, 2.75) is 32.7 Å². The first-order valence-electron chi connectivity index (χ1n) is 8.43. The fourth-order valence-corrected chi connectivity index (χ4v) is 2.90. The van der Waals surface area contributed by atoms with Gasteiger partial charge in [0, 0.05) is 12.6 Å². The number of benzene rings is 1. The van der Waals surface area contributed by atoms with Crippen LogP contribution in [-0.2, 0) is 20.7 Å². The maximum Gasteiger partial charge on any atom is 0.224 e. The summed E-state index contributed by atoms with van der Waals surface area (Å²) in [6.45, 7) is 10.00. The van der Waals surface area contributed by atoms with Gasteiger partial charge in [-0.25, -0.2) is 0 Å². The number of carbonyl (C=O) groups is 2. The Bertz CT molecular complexity index is 563. The molecule has 0 aliphatic carbocycles. The minimum absolute atomic E-state index is 0.00525. The first-order valence-corrected chi connectivity index (χ1v) is 8.43. The summed E-state index contributed by atoms with van der Waals surface area (Å²) in [5, 5.41) is 5.76. The molecular weight excluding hydrogens is 306 g/mol. The molecule has 132 valence electrons. The zero-order chi connectivity index (χ0) is 17.6. The van der Waals surface area contributed by atoms with Gasteiger partial charge in [0.05, 0.1) is 26.2 Å². The summed E-state index contributed by atoms with van der Waals surface area (Å²) < 4.78 is 5.40. The van der Waals surface area contributed by atoms with Gasteiger partial charge in [-0.15, -0.1) is 0 Å². The predicted molar refractivity (Wildman–Crippen MR) is 93.1 cm³/mol. The SMILES string of the molecule is CC(=O)Nc1ccc(CC(=O)NCC(C)(C)[NH+]2CCOCC2)cc1. The molecule has 1 saturated heterocycles. The van der Waals surface area contributed by atoms with E-state index < -0.39 is 0 Å². The Morgan fingerprint density at radius 2 is 1.79 bits per heavy atom. The summed E-state index contributed by atoms with van der Waals surface area (Å²) >= 11 is 0. The van der Waals surface area contributed by atoms with Crippen LogP contribution in [0.15, 0.2) is 24.3 Å². The maximum absolute atomic E-state index is 12.2. The number of morpholine rings is 1. The molecule has 0 unspecified atom stereocenters. The molecule has 6 heteroatoms. The lowest BCUT2D eigenvalue weighted by Crippen LogP contribution is -3.22. The minimum Gasteiger partial charge on any atom is -0.370 e. The molecule has 2 amide bonds. The third-order valence-electron chi connectivity index (χ3n) is 4.42. The van der Waals surface area contributed by atoms with Crippen LogP contribution in [-0.4, -0.2) is 50.2 Å². The molecule has 1 aliphatic rings. The van der Waals surface area contributed by atoms with Crippen LogP contribution in [0.25, 0.3) is 0 Å². The summed E-state index contributed by atoms with van der Waals surface area (Å²) in [5.41, 5.74) is 1.66. The van der Waals surface area contributed by atoms with Crippen LogP contribution < -0.4 is 15.5 Å². The molecule has 0 saturated carbocycles. The summed E-state index contributed by atoms with van der Waals surface area (Å²) in [4.78, 5) is 24.7. The molecule has 6 nitrogen and oxygen atoms in total. The highest BCUT2D eigenvalue weighted by Crippen LogP contribution is 2.10. The van der Waals surface area contributed by atoms with Crippen molar-refractivity contribution in [3.8, 4) is 0 Å². The summed E-state index contributed by atoms with van der Waals surface area (Å²) in [7, 11) is 0. The van der Waals surface area contributed by atoms with Crippen LogP contribution in [0.3, 0.4) is 0 Å². The van der Waals surface area contributed by atoms with Gasteiger partial charge in [-0.1, -0.05) is 12.1 Å². The number of quaternary nitrogens is 1. The average molecular weight is 334 g/mol. The van der Waals surface area contributed by atoms with Gasteiger partial charge < -0.3 is 20.3 Å². The topological polar surface area (TPSA) is 71.9 Å². The average Bonchev–Trinajstić information content (AvgIpc) is 2.55. The molecule has 1 heterocycles. The van der Waals surface area contributed by atoms with Crippen molar-refractivity contribution in [1.29, 1.82) is 0 Å². The fourth-order valence-electron chi connectivity index (χ4n) is 2.90. The molecule has 24 heavy (non-hydrogen) atoms. The lowest BCUT2D eigenvalue weighted by molar-refractivity contribution is -0.954. The molecule has 1 aromatic carbocycles. The van der Waals surface area contributed by atoms with E-state index in [-0.39, 0.29) is 17.4 Å². The Morgan fingerprint density at radius 3 is 2.38 bits per heavy atom. The van der Waals surface area contributed by atoms with Crippen LogP contribution in [0.5, 0.6) is 0 Å². The highest BCUT2D eigenvalue weighted by molar-refractivity contribution is 5.88. The van der Waals surface area contributed by atoms with Crippen molar-refractivity contribution < 1.29 is 19.2 Å². The van der Waals surface area contributed by atoms with Crippen LogP contribution in [0.4, 0.5) is 5.69 Å². The van der Waals surface area contributed by atoms with E-state index in [1.54, 1.807) is 0 Å². The predicted octanol–water partition coefficient (Wildman–Crippen LogP) is -0.00260. The van der Waals surface area contributed by atoms with Gasteiger partial charge in [0.25, 0.3) is 0 Å². The summed E-state index contributed by atoms with van der Waals surface area (Å²) in [6, 6.07) is 7.35. The highest BCUT2D eigenvalue weighted by Gasteiger charge is 2.32. The number of hydrogen-bond acceptors (Lipinski definition) is 3. The second kappa shape index (κ2) is 8.26. The number of anilines is 1. The Hall–Kier alpha value is -1.92. The Morgan fingerprint density at radius 1 is 1.17 bits per heavy atom. The van der Waals surface area contributed by atoms with Crippen LogP contribution in [0.2, 0.25) is 0 Å². The smallest absolute Gasteiger partial charge is 0.224 e. The van der Waals surface area contributed by atoms with E-state index in [0.717, 1.165) is 37.6 Å². The number of ether oxygens (including phenoxy) is 1. The molecule has 2 rings (SSSR count). The number of amides is 2. The summed E-state index contributed by atoms with van der Waals surface area (Å²) in [5.74, 6) is -0.0867. The van der Waals surface area contributed by atoms with Gasteiger partial charge in [0.1, 0.15) is 18.6 Å². The zero-order valence-electron chi connectivity index (χ0n) is 14.8. The van der Waals surface area contributed by atoms with Gasteiger partial charge in [0.15, 0.2) is 0 Å². The van der Waals surface area contributed by atoms with Crippen molar-refractivity contribution >= 4 is 17.5 Å². The first kappa shape index (κ1) is 18.4. The second-order valence-electron chi connectivity index (χ2n) is 6.93. The fraction of sp³-hybridized carbons (Fsp3) is 0.556. The zero-order valence-corrected chi connectivity index (χ0v) is 14.8. The molecule has 0 spiro atoms. The molecule has 0 aromatic heterocycles. The van der Waals surface area contributed by atoms with E-state index in [1.807, 2.05) is 24.3 Å². The Balaban J connectivity index is 1.81. The van der Waals surface area contributed by atoms with Crippen molar-refractivity contribution in [2.75, 3.05) is 38.2 Å². The van der Waals surface area contributed by atoms with Crippen LogP contribution >= 0.6 is 0 Å². The van der Waals surface area contributed by atoms with Crippen LogP contribution in [0, 0.1) is 0 Å². The third-order valence-corrected chi connectivity index (χ3v) is 4.42. The van der Waals surface area contributed by atoms with Gasteiger partial charge in [-0.05, 0) is 31.5 Å². The second-order valence-corrected chi connectivity index (χ2v) is 6.93. The van der Waals surface area contributed by atoms with E-state index >= 15 is 0 Å². The number of rotatable bonds is 6. The van der Waals surface area contributed by atoms with Gasteiger partial charge in [-0.2, -0.15) is 0 Å². The number of carbonyl (C=O) groups excluding carboxylic acids is 2. The van der Waals surface area contributed by atoms with Gasteiger partial charge >= 0.3 is 0 Å². The van der Waals surface area contributed by atoms with E-state index in [4.69, 9.17) is 4.74 Å². The Kier molecular flexibility index (Phi) is 6.34. The minimum atomic E-state index is -0.103. The maximum atomic E-state index is 12.2. The monoisotopic (exact) mass is 334 g/mol. The molecule has 1 aromatic rings. The lowest BCUT2D eigenvalue weighted by Gasteiger charge is -2.37. The first-order chi connectivity index (χ1) is 11.4. The summed E-state index contributed by atoms with van der Waals surface area (Å²) in [6.07, 6.45) is 0.342. The molecule has 3 N–H and O–H groups in total. The number of nitrogens with one attached hydrogen (secondary N) is 3. The highest BCUT2D eigenvalue weighted by atomic mass is 16.5. The molecule has 0 bridgehead atoms. The Labute approximate surface area is 143 Å². The standard InChI is InChI=1S/C18H27N3O3/c1-14(22)20-16-6-4-15(5-7-16)12-17(23)19-13-18(2,3)21-8-10-24-11-9-21/h4-7H,8-13H2,1-3H3,(H,19,23)(H,20,22)/p+1. The quantitative estimate of drug-likeness (QED) is 0.686. The molecular formula is C18H28N3O3+. The largest absolute Gasteiger partial charge is 0.370 e. The normalized spacial score (nSPS) is 15.8. The number of hydrogen-bond donors (Lipinski definition) is 3. The van der Waals surface area contributed by atoms with E-state index in [0.29, 0.717) is 13.0 Å². The third kappa shape index (κ3) is 5.62. The van der Waals surface area contributed by atoms with E-state index in [1.165, 1.54) is 11.8 Å². The van der Waals surface area contributed by atoms with Crippen molar-refractivity contribution in [3.63, 3.8) is 0 Å². The van der Waals surface area contributed by atoms with E-state index in [2.05, 4.69) is 24.5 Å². The molecule has 1 aliphatic heterocycles. The van der Waals surface area contributed by atoms with Crippen molar-refractivity contribution in [2.24, 2.45) is 0 Å². The van der Waals surface area contributed by atoms with E-state index in [9.17, 15) is 9.59 Å². The molecule has 0 atom stereocenters. The molecule has 0 radical (unpaired) electrons. The lowest BCUT2D eigenvalue weighted by atomic mass is 10.0. The molecule has 1 fully saturated rings. The van der Waals surface area contributed by atoms with Gasteiger partial charge in [-0.3, -0.25) is 9.59 Å². The van der Waals surface area contributed by atoms with Crippen molar-refractivity contribution in [1.82, 2.24) is 5.32 Å². The van der Waals surface area contributed by atoms with Gasteiger partial charge in [0.2, 0.25) is 11.8 Å².